The molecule has 4 heteroatoms. The van der Waals surface area contributed by atoms with Crippen LogP contribution in [0.15, 0.2) is 24.7 Å². The molecule has 0 aliphatic heterocycles. The van der Waals surface area contributed by atoms with E-state index in [2.05, 4.69) is 13.2 Å². The van der Waals surface area contributed by atoms with E-state index in [9.17, 15) is 9.59 Å². The monoisotopic (exact) mass is 198 g/mol. The van der Waals surface area contributed by atoms with Gasteiger partial charge in [-0.05, 0) is 6.42 Å². The van der Waals surface area contributed by atoms with Gasteiger partial charge in [-0.3, -0.25) is 9.59 Å². The van der Waals surface area contributed by atoms with Crippen molar-refractivity contribution in [1.82, 2.24) is 0 Å². The van der Waals surface area contributed by atoms with E-state index in [1.807, 2.05) is 6.92 Å². The van der Waals surface area contributed by atoms with Crippen LogP contribution in [0.2, 0.25) is 0 Å². The maximum absolute atomic E-state index is 10.9. The zero-order chi connectivity index (χ0) is 11.0. The van der Waals surface area contributed by atoms with Gasteiger partial charge in [0.1, 0.15) is 12.4 Å². The molecule has 0 aromatic heterocycles. The zero-order valence-corrected chi connectivity index (χ0v) is 8.25. The molecular weight excluding hydrogens is 184 g/mol. The lowest BCUT2D eigenvalue weighted by Gasteiger charge is -2.07. The maximum Gasteiger partial charge on any atom is 0.306 e. The van der Waals surface area contributed by atoms with Crippen molar-refractivity contribution in [3.63, 3.8) is 0 Å². The largest absolute Gasteiger partial charge is 0.458 e. The van der Waals surface area contributed by atoms with Crippen molar-refractivity contribution in [2.75, 3.05) is 6.61 Å². The van der Waals surface area contributed by atoms with Gasteiger partial charge in [-0.1, -0.05) is 20.1 Å². The van der Waals surface area contributed by atoms with Gasteiger partial charge in [-0.15, -0.1) is 0 Å². The van der Waals surface area contributed by atoms with Crippen LogP contribution < -0.4 is 0 Å². The first-order valence-electron chi connectivity index (χ1n) is 4.25. The Balaban J connectivity index is 3.68. The molecule has 0 unspecified atom stereocenters. The number of aldehydes is 1. The van der Waals surface area contributed by atoms with Gasteiger partial charge in [0.15, 0.2) is 12.0 Å². The lowest BCUT2D eigenvalue weighted by Crippen LogP contribution is -2.08. The van der Waals surface area contributed by atoms with Crippen LogP contribution in [0.5, 0.6) is 0 Å². The zero-order valence-electron chi connectivity index (χ0n) is 8.25. The molecule has 0 fully saturated rings. The Hall–Kier alpha value is -1.58. The second kappa shape index (κ2) is 6.88. The van der Waals surface area contributed by atoms with Gasteiger partial charge >= 0.3 is 5.97 Å². The van der Waals surface area contributed by atoms with E-state index in [0.717, 1.165) is 6.42 Å². The third-order valence-corrected chi connectivity index (χ3v) is 1.26. The van der Waals surface area contributed by atoms with Crippen molar-refractivity contribution in [2.45, 2.75) is 19.8 Å². The van der Waals surface area contributed by atoms with Crippen LogP contribution >= 0.6 is 0 Å². The number of rotatable bonds is 7. The smallest absolute Gasteiger partial charge is 0.306 e. The minimum Gasteiger partial charge on any atom is -0.458 e. The second-order valence-corrected chi connectivity index (χ2v) is 2.64. The lowest BCUT2D eigenvalue weighted by atomic mass is 10.3. The summed E-state index contributed by atoms with van der Waals surface area (Å²) in [5.41, 5.74) is 0. The van der Waals surface area contributed by atoms with Crippen molar-refractivity contribution in [2.24, 2.45) is 0 Å². The van der Waals surface area contributed by atoms with Crippen molar-refractivity contribution < 1.29 is 19.1 Å². The van der Waals surface area contributed by atoms with Crippen molar-refractivity contribution in [1.29, 1.82) is 0 Å². The van der Waals surface area contributed by atoms with E-state index in [1.165, 1.54) is 0 Å². The van der Waals surface area contributed by atoms with Crippen molar-refractivity contribution in [3.8, 4) is 0 Å². The van der Waals surface area contributed by atoms with E-state index >= 15 is 0 Å². The molecule has 0 aliphatic rings. The minimum atomic E-state index is -0.311. The van der Waals surface area contributed by atoms with E-state index in [0.29, 0.717) is 12.7 Å². The van der Waals surface area contributed by atoms with E-state index < -0.39 is 0 Å². The normalized spacial score (nSPS) is 8.93. The summed E-state index contributed by atoms with van der Waals surface area (Å²) in [5.74, 6) is -0.179. The molecular formula is C10H14O4. The van der Waals surface area contributed by atoms with Gasteiger partial charge in [-0.2, -0.15) is 0 Å². The number of hydrogen-bond donors (Lipinski definition) is 0. The Bertz CT molecular complexity index is 243. The van der Waals surface area contributed by atoms with Gasteiger partial charge in [0.05, 0.1) is 0 Å². The first-order chi connectivity index (χ1) is 6.60. The molecule has 78 valence electrons. The number of allylic oxidation sites excluding steroid dienone is 1. The highest BCUT2D eigenvalue weighted by molar-refractivity contribution is 5.70. The van der Waals surface area contributed by atoms with Gasteiger partial charge in [-0.25, -0.2) is 0 Å². The topological polar surface area (TPSA) is 52.6 Å². The molecule has 0 atom stereocenters. The van der Waals surface area contributed by atoms with Crippen LogP contribution in [0.4, 0.5) is 0 Å². The van der Waals surface area contributed by atoms with Crippen LogP contribution in [0, 0.1) is 0 Å². The summed E-state index contributed by atoms with van der Waals surface area (Å²) in [6, 6.07) is 0. The number of esters is 1. The molecule has 0 aromatic rings. The number of carbonyl (C=O) groups excluding carboxylic acids is 2. The lowest BCUT2D eigenvalue weighted by molar-refractivity contribution is -0.143. The maximum atomic E-state index is 10.9. The fraction of sp³-hybridized carbons (Fsp3) is 0.400. The predicted molar refractivity (Wildman–Crippen MR) is 51.3 cm³/mol. The number of hydrogen-bond acceptors (Lipinski definition) is 4. The molecule has 0 bridgehead atoms. The van der Waals surface area contributed by atoms with Crippen molar-refractivity contribution >= 4 is 12.3 Å². The molecule has 0 spiro atoms. The van der Waals surface area contributed by atoms with E-state index in [-0.39, 0.29) is 24.1 Å². The first kappa shape index (κ1) is 12.4. The molecule has 0 amide bonds. The molecule has 0 rings (SSSR count). The molecule has 0 radical (unpaired) electrons. The summed E-state index contributed by atoms with van der Waals surface area (Å²) >= 11 is 0. The highest BCUT2D eigenvalue weighted by Crippen LogP contribution is 2.02. The third-order valence-electron chi connectivity index (χ3n) is 1.26. The van der Waals surface area contributed by atoms with E-state index in [1.54, 1.807) is 0 Å². The molecule has 14 heavy (non-hydrogen) atoms. The molecule has 0 aliphatic carbocycles. The molecule has 0 N–H and O–H groups in total. The summed E-state index contributed by atoms with van der Waals surface area (Å²) < 4.78 is 9.56. The number of carbonyl (C=O) groups is 2. The number of ether oxygens (including phenoxy) is 2. The molecule has 0 saturated heterocycles. The van der Waals surface area contributed by atoms with Gasteiger partial charge in [0, 0.05) is 6.42 Å². The van der Waals surface area contributed by atoms with Gasteiger partial charge < -0.3 is 9.47 Å². The summed E-state index contributed by atoms with van der Waals surface area (Å²) in [4.78, 5) is 21.0. The predicted octanol–water partition coefficient (Wildman–Crippen LogP) is 1.57. The fourth-order valence-corrected chi connectivity index (χ4v) is 0.676. The molecule has 0 saturated carbocycles. The Morgan fingerprint density at radius 1 is 1.43 bits per heavy atom. The summed E-state index contributed by atoms with van der Waals surface area (Å²) in [7, 11) is 0. The Morgan fingerprint density at radius 2 is 2.07 bits per heavy atom. The Morgan fingerprint density at radius 3 is 2.57 bits per heavy atom. The fourth-order valence-electron chi connectivity index (χ4n) is 0.676. The highest BCUT2D eigenvalue weighted by Gasteiger charge is 2.03. The van der Waals surface area contributed by atoms with Gasteiger partial charge in [0.2, 0.25) is 0 Å². The third kappa shape index (κ3) is 5.99. The highest BCUT2D eigenvalue weighted by atomic mass is 16.6. The standard InChI is InChI=1S/C10H14O4/c1-4-5-10(12)13-7-9(3)14-8(2)6-11/h6H,2-5,7H2,1H3. The SMILES string of the molecule is C=C(C=O)OC(=C)COC(=O)CCC. The van der Waals surface area contributed by atoms with Gasteiger partial charge in [0.25, 0.3) is 0 Å². The summed E-state index contributed by atoms with van der Waals surface area (Å²) in [5, 5.41) is 0. The molecule has 0 aromatic carbocycles. The molecule has 4 nitrogen and oxygen atoms in total. The first-order valence-corrected chi connectivity index (χ1v) is 4.25. The average molecular weight is 198 g/mol. The van der Waals surface area contributed by atoms with Crippen LogP contribution in [-0.2, 0) is 19.1 Å². The summed E-state index contributed by atoms with van der Waals surface area (Å²) in [6.07, 6.45) is 1.55. The Labute approximate surface area is 83.2 Å². The molecule has 0 heterocycles. The quantitative estimate of drug-likeness (QED) is 0.270. The van der Waals surface area contributed by atoms with Crippen LogP contribution in [-0.4, -0.2) is 18.9 Å². The van der Waals surface area contributed by atoms with Crippen LogP contribution in [0.25, 0.3) is 0 Å². The summed E-state index contributed by atoms with van der Waals surface area (Å²) in [6.45, 7) is 8.57. The van der Waals surface area contributed by atoms with Crippen LogP contribution in [0.3, 0.4) is 0 Å². The van der Waals surface area contributed by atoms with Crippen LogP contribution in [0.1, 0.15) is 19.8 Å². The van der Waals surface area contributed by atoms with Crippen molar-refractivity contribution in [3.05, 3.63) is 24.7 Å². The second-order valence-electron chi connectivity index (χ2n) is 2.64. The Kier molecular flexibility index (Phi) is 6.11. The van der Waals surface area contributed by atoms with E-state index in [4.69, 9.17) is 9.47 Å². The average Bonchev–Trinajstić information content (AvgIpc) is 2.15. The minimum absolute atomic E-state index is 0.0499.